The van der Waals surface area contributed by atoms with E-state index in [1.54, 1.807) is 11.3 Å². The van der Waals surface area contributed by atoms with Gasteiger partial charge in [-0.3, -0.25) is 0 Å². The van der Waals surface area contributed by atoms with Crippen LogP contribution in [0.25, 0.3) is 10.2 Å². The van der Waals surface area contributed by atoms with Crippen LogP contribution in [0.1, 0.15) is 13.8 Å². The predicted molar refractivity (Wildman–Crippen MR) is 79.6 cm³/mol. The van der Waals surface area contributed by atoms with E-state index in [2.05, 4.69) is 33.2 Å². The van der Waals surface area contributed by atoms with Gasteiger partial charge in [-0.1, -0.05) is 0 Å². The summed E-state index contributed by atoms with van der Waals surface area (Å²) in [4.78, 5) is 12.1. The molecule has 0 saturated carbocycles. The molecule has 0 radical (unpaired) electrons. The minimum absolute atomic E-state index is 0.0263. The zero-order valence-electron chi connectivity index (χ0n) is 11.3. The molecule has 0 aliphatic heterocycles. The van der Waals surface area contributed by atoms with Crippen molar-refractivity contribution in [2.75, 3.05) is 30.4 Å². The van der Waals surface area contributed by atoms with Gasteiger partial charge in [0.05, 0.1) is 17.4 Å². The standard InChI is InChI=1S/C13H17N5S/c1-4-18(8-9(2)7-14)11-10-5-6-19-12(10)17-13(15-3)16-11/h5-6,9H,4,8H2,1-3H3,(H,15,16,17). The summed E-state index contributed by atoms with van der Waals surface area (Å²) in [6.45, 7) is 5.49. The molecule has 5 nitrogen and oxygen atoms in total. The molecule has 0 aromatic carbocycles. The highest BCUT2D eigenvalue weighted by Crippen LogP contribution is 2.29. The summed E-state index contributed by atoms with van der Waals surface area (Å²) in [6, 6.07) is 4.31. The molecule has 0 bridgehead atoms. The first-order valence-electron chi connectivity index (χ1n) is 6.27. The van der Waals surface area contributed by atoms with Gasteiger partial charge in [-0.2, -0.15) is 10.2 Å². The van der Waals surface area contributed by atoms with Crippen LogP contribution in [-0.4, -0.2) is 30.1 Å². The number of aromatic nitrogens is 2. The van der Waals surface area contributed by atoms with E-state index in [1.807, 2.05) is 25.4 Å². The van der Waals surface area contributed by atoms with E-state index in [9.17, 15) is 0 Å². The molecular weight excluding hydrogens is 258 g/mol. The number of rotatable bonds is 5. The Bertz CT molecular complexity index is 601. The fraction of sp³-hybridized carbons (Fsp3) is 0.462. The molecule has 2 aromatic heterocycles. The molecular formula is C13H17N5S. The first-order chi connectivity index (χ1) is 9.19. The smallest absolute Gasteiger partial charge is 0.225 e. The molecule has 1 unspecified atom stereocenters. The summed E-state index contributed by atoms with van der Waals surface area (Å²) in [5.74, 6) is 1.50. The fourth-order valence-electron chi connectivity index (χ4n) is 1.93. The normalized spacial score (nSPS) is 12.1. The largest absolute Gasteiger partial charge is 0.357 e. The number of hydrogen-bond donors (Lipinski definition) is 1. The van der Waals surface area contributed by atoms with Gasteiger partial charge < -0.3 is 10.2 Å². The molecule has 1 atom stereocenters. The highest BCUT2D eigenvalue weighted by molar-refractivity contribution is 7.16. The second kappa shape index (κ2) is 5.85. The molecule has 2 aromatic rings. The van der Waals surface area contributed by atoms with Crippen molar-refractivity contribution >= 4 is 33.3 Å². The topological polar surface area (TPSA) is 64.8 Å². The number of nitrogens with zero attached hydrogens (tertiary/aromatic N) is 4. The van der Waals surface area contributed by atoms with Crippen molar-refractivity contribution in [3.8, 4) is 6.07 Å². The summed E-state index contributed by atoms with van der Waals surface area (Å²) in [7, 11) is 1.81. The SMILES string of the molecule is CCN(CC(C)C#N)c1nc(NC)nc2sccc12. The summed E-state index contributed by atoms with van der Waals surface area (Å²) in [5, 5.41) is 15.0. The zero-order chi connectivity index (χ0) is 13.8. The Hall–Kier alpha value is -1.87. The zero-order valence-corrected chi connectivity index (χ0v) is 12.2. The first kappa shape index (κ1) is 13.6. The van der Waals surface area contributed by atoms with Gasteiger partial charge in [-0.25, -0.2) is 4.98 Å². The minimum Gasteiger partial charge on any atom is -0.357 e. The van der Waals surface area contributed by atoms with Crippen molar-refractivity contribution in [3.63, 3.8) is 0 Å². The Morgan fingerprint density at radius 1 is 1.53 bits per heavy atom. The molecule has 1 N–H and O–H groups in total. The van der Waals surface area contributed by atoms with Crippen LogP contribution in [-0.2, 0) is 0 Å². The molecule has 0 aliphatic rings. The molecule has 2 rings (SSSR count). The Labute approximate surface area is 116 Å². The third-order valence-electron chi connectivity index (χ3n) is 2.92. The van der Waals surface area contributed by atoms with Crippen molar-refractivity contribution in [3.05, 3.63) is 11.4 Å². The number of fused-ring (bicyclic) bond motifs is 1. The quantitative estimate of drug-likeness (QED) is 0.909. The third-order valence-corrected chi connectivity index (χ3v) is 3.73. The van der Waals surface area contributed by atoms with Crippen LogP contribution in [0, 0.1) is 17.2 Å². The second-order valence-corrected chi connectivity index (χ2v) is 5.22. The van der Waals surface area contributed by atoms with Crippen molar-refractivity contribution in [1.82, 2.24) is 9.97 Å². The van der Waals surface area contributed by atoms with Gasteiger partial charge >= 0.3 is 0 Å². The monoisotopic (exact) mass is 275 g/mol. The van der Waals surface area contributed by atoms with Gasteiger partial charge in [0, 0.05) is 20.1 Å². The fourth-order valence-corrected chi connectivity index (χ4v) is 2.69. The van der Waals surface area contributed by atoms with Crippen LogP contribution < -0.4 is 10.2 Å². The molecule has 19 heavy (non-hydrogen) atoms. The highest BCUT2D eigenvalue weighted by atomic mass is 32.1. The number of nitrogens with one attached hydrogen (secondary N) is 1. The average Bonchev–Trinajstić information content (AvgIpc) is 2.91. The predicted octanol–water partition coefficient (Wildman–Crippen LogP) is 2.72. The molecule has 0 aliphatic carbocycles. The van der Waals surface area contributed by atoms with Crippen LogP contribution >= 0.6 is 11.3 Å². The van der Waals surface area contributed by atoms with Gasteiger partial charge in [0.25, 0.3) is 0 Å². The van der Waals surface area contributed by atoms with Crippen LogP contribution in [0.2, 0.25) is 0 Å². The summed E-state index contributed by atoms with van der Waals surface area (Å²) < 4.78 is 0. The van der Waals surface area contributed by atoms with E-state index in [0.717, 1.165) is 22.6 Å². The second-order valence-electron chi connectivity index (χ2n) is 4.33. The minimum atomic E-state index is -0.0263. The Morgan fingerprint density at radius 2 is 2.32 bits per heavy atom. The summed E-state index contributed by atoms with van der Waals surface area (Å²) >= 11 is 1.60. The number of nitriles is 1. The lowest BCUT2D eigenvalue weighted by Gasteiger charge is -2.24. The van der Waals surface area contributed by atoms with E-state index in [-0.39, 0.29) is 5.92 Å². The average molecular weight is 275 g/mol. The van der Waals surface area contributed by atoms with Crippen LogP contribution in [0.15, 0.2) is 11.4 Å². The van der Waals surface area contributed by atoms with Gasteiger partial charge in [0.15, 0.2) is 0 Å². The lowest BCUT2D eigenvalue weighted by atomic mass is 10.2. The maximum absolute atomic E-state index is 8.98. The Balaban J connectivity index is 2.46. The van der Waals surface area contributed by atoms with E-state index < -0.39 is 0 Å². The van der Waals surface area contributed by atoms with Crippen LogP contribution in [0.5, 0.6) is 0 Å². The van der Waals surface area contributed by atoms with Gasteiger partial charge in [-0.15, -0.1) is 11.3 Å². The van der Waals surface area contributed by atoms with Crippen molar-refractivity contribution in [1.29, 1.82) is 5.26 Å². The third kappa shape index (κ3) is 2.76. The van der Waals surface area contributed by atoms with E-state index in [1.165, 1.54) is 0 Å². The van der Waals surface area contributed by atoms with Crippen LogP contribution in [0.4, 0.5) is 11.8 Å². The van der Waals surface area contributed by atoms with Gasteiger partial charge in [0.2, 0.25) is 5.95 Å². The Morgan fingerprint density at radius 3 is 2.95 bits per heavy atom. The Kier molecular flexibility index (Phi) is 4.17. The van der Waals surface area contributed by atoms with E-state index in [0.29, 0.717) is 12.5 Å². The first-order valence-corrected chi connectivity index (χ1v) is 7.15. The van der Waals surface area contributed by atoms with Crippen molar-refractivity contribution in [2.45, 2.75) is 13.8 Å². The molecule has 0 fully saturated rings. The molecule has 0 spiro atoms. The molecule has 0 amide bonds. The molecule has 6 heteroatoms. The van der Waals surface area contributed by atoms with Crippen LogP contribution in [0.3, 0.4) is 0 Å². The number of anilines is 2. The highest BCUT2D eigenvalue weighted by Gasteiger charge is 2.16. The molecule has 100 valence electrons. The van der Waals surface area contributed by atoms with Gasteiger partial charge in [-0.05, 0) is 25.3 Å². The number of thiophene rings is 1. The summed E-state index contributed by atoms with van der Waals surface area (Å²) in [6.07, 6.45) is 0. The maximum Gasteiger partial charge on any atom is 0.225 e. The maximum atomic E-state index is 8.98. The van der Waals surface area contributed by atoms with Gasteiger partial charge in [0.1, 0.15) is 10.6 Å². The van der Waals surface area contributed by atoms with Crippen molar-refractivity contribution in [2.24, 2.45) is 5.92 Å². The van der Waals surface area contributed by atoms with Crippen molar-refractivity contribution < 1.29 is 0 Å². The number of hydrogen-bond acceptors (Lipinski definition) is 6. The summed E-state index contributed by atoms with van der Waals surface area (Å²) in [5.41, 5.74) is 0. The lowest BCUT2D eigenvalue weighted by Crippen LogP contribution is -2.29. The van der Waals surface area contributed by atoms with E-state index >= 15 is 0 Å². The van der Waals surface area contributed by atoms with E-state index in [4.69, 9.17) is 5.26 Å². The molecule has 2 heterocycles. The molecule has 0 saturated heterocycles. The lowest BCUT2D eigenvalue weighted by molar-refractivity contribution is 0.681.